The van der Waals surface area contributed by atoms with E-state index in [2.05, 4.69) is 5.10 Å². The number of halogens is 8. The summed E-state index contributed by atoms with van der Waals surface area (Å²) in [6.07, 6.45) is -3.15. The number of nitrogens with zero attached hydrogens (tertiary/aromatic N) is 3. The van der Waals surface area contributed by atoms with Crippen molar-refractivity contribution >= 4 is 38.8 Å². The Bertz CT molecular complexity index is 1080. The smallest absolute Gasteiger partial charge is 0.293 e. The molecule has 0 radical (unpaired) electrons. The fraction of sp³-hybridized carbons (Fsp3) is 0.357. The summed E-state index contributed by atoms with van der Waals surface area (Å²) in [7, 11) is -6.33. The van der Waals surface area contributed by atoms with Crippen LogP contribution in [-0.2, 0) is 9.84 Å². The number of rotatable bonds is 3. The largest absolute Gasteiger partial charge is 0.502 e. The van der Waals surface area contributed by atoms with Gasteiger partial charge in [0.2, 0.25) is 0 Å². The van der Waals surface area contributed by atoms with Crippen LogP contribution in [0.2, 0.25) is 0 Å². The lowest BCUT2D eigenvalue weighted by atomic mass is 9.92. The average molecular weight is 482 g/mol. The average Bonchev–Trinajstić information content (AvgIpc) is 2.92. The van der Waals surface area contributed by atoms with Crippen LogP contribution in [0.25, 0.3) is 0 Å². The van der Waals surface area contributed by atoms with Crippen LogP contribution in [0.3, 0.4) is 0 Å². The number of aromatic nitrogens is 2. The van der Waals surface area contributed by atoms with E-state index in [-0.39, 0.29) is 4.68 Å². The monoisotopic (exact) mass is 481 g/mol. The Labute approximate surface area is 168 Å². The van der Waals surface area contributed by atoms with Gasteiger partial charge in [-0.25, -0.2) is 13.1 Å². The molecule has 2 rings (SSSR count). The van der Waals surface area contributed by atoms with E-state index in [9.17, 15) is 39.6 Å². The number of sulfone groups is 1. The summed E-state index contributed by atoms with van der Waals surface area (Å²) < 4.78 is 104. The molecule has 15 heteroatoms. The van der Waals surface area contributed by atoms with Crippen molar-refractivity contribution in [3.63, 3.8) is 0 Å². The Morgan fingerprint density at radius 2 is 1.86 bits per heavy atom. The van der Waals surface area contributed by atoms with Crippen LogP contribution < -0.4 is 0 Å². The number of hydrogen-bond acceptors (Lipinski definition) is 5. The molecule has 1 aromatic heterocycles. The lowest BCUT2D eigenvalue weighted by Crippen LogP contribution is -2.48. The number of carbonyl (C=O) groups excluding carboxylic acids is 1. The summed E-state index contributed by atoms with van der Waals surface area (Å²) in [4.78, 5) is 6.72. The molecule has 0 saturated heterocycles. The van der Waals surface area contributed by atoms with E-state index in [1.807, 2.05) is 0 Å². The summed E-state index contributed by atoms with van der Waals surface area (Å²) in [6.45, 7) is 0.587. The van der Waals surface area contributed by atoms with Crippen molar-refractivity contribution in [2.24, 2.45) is 0 Å². The Hall–Kier alpha value is -2.04. The number of ketones is 1. The molecule has 0 spiro atoms. The van der Waals surface area contributed by atoms with Crippen LogP contribution >= 0.6 is 23.2 Å². The molecular formula is C14H7Cl2F6N3O3S. The van der Waals surface area contributed by atoms with Gasteiger partial charge >= 0.3 is 11.7 Å². The van der Waals surface area contributed by atoms with Crippen molar-refractivity contribution in [3.8, 4) is 6.07 Å². The van der Waals surface area contributed by atoms with Gasteiger partial charge in [0.25, 0.3) is 9.84 Å². The van der Waals surface area contributed by atoms with Gasteiger partial charge in [-0.2, -0.15) is 36.7 Å². The molecule has 29 heavy (non-hydrogen) atoms. The minimum atomic E-state index is -6.33. The highest BCUT2D eigenvalue weighted by molar-refractivity contribution is 7.92. The first kappa shape index (κ1) is 23.2. The van der Waals surface area contributed by atoms with Crippen molar-refractivity contribution in [2.75, 3.05) is 0 Å². The predicted molar refractivity (Wildman–Crippen MR) is 86.9 cm³/mol. The number of Topliss-reactive ketones (excluding diaryl/α,β-unsaturated/α-hetero) is 1. The van der Waals surface area contributed by atoms with Gasteiger partial charge in [-0.1, -0.05) is 23.8 Å². The van der Waals surface area contributed by atoms with Gasteiger partial charge in [0.1, 0.15) is 22.7 Å². The SMILES string of the molecule is CC(=O)c1c(S(=O)(=O)C(F)(F)F)c(C#N)nn1C1C(Cl)=CC=CC1(Cl)C(F)(F)F. The van der Waals surface area contributed by atoms with Gasteiger partial charge < -0.3 is 0 Å². The van der Waals surface area contributed by atoms with E-state index < -0.39 is 59.5 Å². The van der Waals surface area contributed by atoms with E-state index in [1.165, 1.54) is 0 Å². The Balaban J connectivity index is 2.99. The van der Waals surface area contributed by atoms with Crippen molar-refractivity contribution in [3.05, 3.63) is 34.6 Å². The van der Waals surface area contributed by atoms with Crippen LogP contribution in [0, 0.1) is 11.3 Å². The van der Waals surface area contributed by atoms with Gasteiger partial charge in [-0.3, -0.25) is 4.79 Å². The molecule has 1 heterocycles. The molecule has 1 aliphatic rings. The van der Waals surface area contributed by atoms with E-state index in [0.717, 1.165) is 18.2 Å². The third-order valence-corrected chi connectivity index (χ3v) is 6.23. The van der Waals surface area contributed by atoms with Crippen molar-refractivity contribution in [2.45, 2.75) is 34.4 Å². The third kappa shape index (κ3) is 3.53. The molecule has 0 fully saturated rings. The second-order valence-corrected chi connectivity index (χ2v) is 8.61. The van der Waals surface area contributed by atoms with Gasteiger partial charge in [-0.05, 0) is 6.08 Å². The van der Waals surface area contributed by atoms with E-state index in [4.69, 9.17) is 28.5 Å². The molecule has 0 saturated carbocycles. The highest BCUT2D eigenvalue weighted by atomic mass is 35.5. The van der Waals surface area contributed by atoms with Gasteiger partial charge in [0.05, 0.1) is 0 Å². The normalized spacial score (nSPS) is 22.9. The maximum Gasteiger partial charge on any atom is 0.502 e. The molecule has 0 aromatic carbocycles. The fourth-order valence-corrected chi connectivity index (χ4v) is 4.32. The van der Waals surface area contributed by atoms with E-state index >= 15 is 0 Å². The predicted octanol–water partition coefficient (Wildman–Crippen LogP) is 4.02. The van der Waals surface area contributed by atoms with E-state index in [1.54, 1.807) is 0 Å². The molecular weight excluding hydrogens is 475 g/mol. The topological polar surface area (TPSA) is 92.8 Å². The fourth-order valence-electron chi connectivity index (χ4n) is 2.58. The highest BCUT2D eigenvalue weighted by Crippen LogP contribution is 2.51. The number of alkyl halides is 7. The molecule has 2 atom stereocenters. The lowest BCUT2D eigenvalue weighted by Gasteiger charge is -2.36. The second-order valence-electron chi connectivity index (χ2n) is 5.67. The quantitative estimate of drug-likeness (QED) is 0.369. The number of carbonyl (C=O) groups is 1. The van der Waals surface area contributed by atoms with Crippen LogP contribution in [0.4, 0.5) is 26.3 Å². The van der Waals surface area contributed by atoms with Crippen LogP contribution in [0.15, 0.2) is 28.2 Å². The van der Waals surface area contributed by atoms with Gasteiger partial charge in [0.15, 0.2) is 16.4 Å². The summed E-state index contributed by atoms with van der Waals surface area (Å²) >= 11 is 11.5. The first-order valence-electron chi connectivity index (χ1n) is 7.16. The van der Waals surface area contributed by atoms with Crippen LogP contribution in [0.5, 0.6) is 0 Å². The maximum absolute atomic E-state index is 13.6. The Morgan fingerprint density at radius 3 is 2.28 bits per heavy atom. The minimum absolute atomic E-state index is 0.0116. The zero-order chi connectivity index (χ0) is 22.6. The number of allylic oxidation sites excluding steroid dienone is 4. The summed E-state index contributed by atoms with van der Waals surface area (Å²) in [5.41, 5.74) is -8.82. The molecule has 0 aliphatic heterocycles. The minimum Gasteiger partial charge on any atom is -0.293 e. The van der Waals surface area contributed by atoms with Gasteiger partial charge in [-0.15, -0.1) is 11.6 Å². The summed E-state index contributed by atoms with van der Waals surface area (Å²) in [5.74, 6) is -1.41. The van der Waals surface area contributed by atoms with Crippen LogP contribution in [-0.4, -0.2) is 40.5 Å². The zero-order valence-electron chi connectivity index (χ0n) is 13.8. The Kier molecular flexibility index (Phi) is 5.63. The first-order chi connectivity index (χ1) is 13.0. The van der Waals surface area contributed by atoms with Crippen molar-refractivity contribution in [1.82, 2.24) is 9.78 Å². The lowest BCUT2D eigenvalue weighted by molar-refractivity contribution is -0.158. The Morgan fingerprint density at radius 1 is 1.31 bits per heavy atom. The molecule has 158 valence electrons. The molecule has 1 aromatic rings. The standard InChI is InChI=1S/C14H7Cl2F6N3O3S/c1-6(26)9-10(29(27,28)14(20,21)22)8(5-23)24-25(9)11-7(15)3-2-4-12(11,16)13(17,18)19/h2-4,11H,1H3. The summed E-state index contributed by atoms with van der Waals surface area (Å²) in [6, 6.07) is -1.32. The molecule has 0 amide bonds. The maximum atomic E-state index is 13.6. The summed E-state index contributed by atoms with van der Waals surface area (Å²) in [5, 5.41) is 11.5. The highest BCUT2D eigenvalue weighted by Gasteiger charge is 2.61. The molecule has 0 bridgehead atoms. The third-order valence-electron chi connectivity index (χ3n) is 3.81. The van der Waals surface area contributed by atoms with E-state index in [0.29, 0.717) is 13.0 Å². The molecule has 0 N–H and O–H groups in total. The molecule has 2 unspecified atom stereocenters. The second kappa shape index (κ2) is 7.03. The number of nitriles is 1. The van der Waals surface area contributed by atoms with Crippen LogP contribution in [0.1, 0.15) is 29.1 Å². The van der Waals surface area contributed by atoms with Crippen molar-refractivity contribution < 1.29 is 39.6 Å². The first-order valence-corrected chi connectivity index (χ1v) is 9.40. The van der Waals surface area contributed by atoms with Gasteiger partial charge in [0, 0.05) is 12.0 Å². The van der Waals surface area contributed by atoms with Crippen molar-refractivity contribution in [1.29, 1.82) is 5.26 Å². The molecule has 1 aliphatic carbocycles. The molecule has 6 nitrogen and oxygen atoms in total. The zero-order valence-corrected chi connectivity index (χ0v) is 16.1. The number of hydrogen-bond donors (Lipinski definition) is 0.